The van der Waals surface area contributed by atoms with Gasteiger partial charge in [-0.1, -0.05) is 12.8 Å². The van der Waals surface area contributed by atoms with Crippen LogP contribution in [0.5, 0.6) is 0 Å². The summed E-state index contributed by atoms with van der Waals surface area (Å²) in [5, 5.41) is 0. The van der Waals surface area contributed by atoms with Gasteiger partial charge in [-0.05, 0) is 12.8 Å². The van der Waals surface area contributed by atoms with E-state index in [4.69, 9.17) is 13.3 Å². The molecule has 0 saturated carbocycles. The Morgan fingerprint density at radius 3 is 1.89 bits per heavy atom. The van der Waals surface area contributed by atoms with E-state index in [9.17, 15) is 13.2 Å². The summed E-state index contributed by atoms with van der Waals surface area (Å²) in [6.07, 6.45) is -1.73. The predicted molar refractivity (Wildman–Crippen MR) is 65.8 cm³/mol. The molecule has 0 rings (SSSR count). The molecule has 2 unspecified atom stereocenters. The molecule has 0 aromatic heterocycles. The zero-order valence-electron chi connectivity index (χ0n) is 11.3. The third-order valence-electron chi connectivity index (χ3n) is 2.88. The fourth-order valence-corrected chi connectivity index (χ4v) is 3.39. The Morgan fingerprint density at radius 1 is 0.889 bits per heavy atom. The van der Waals surface area contributed by atoms with Gasteiger partial charge in [0.1, 0.15) is 12.3 Å². The third kappa shape index (κ3) is 6.17. The van der Waals surface area contributed by atoms with Crippen molar-refractivity contribution in [2.75, 3.05) is 28.0 Å². The van der Waals surface area contributed by atoms with E-state index in [0.29, 0.717) is 19.3 Å². The zero-order valence-corrected chi connectivity index (χ0v) is 12.3. The quantitative estimate of drug-likeness (QED) is 0.432. The van der Waals surface area contributed by atoms with Crippen molar-refractivity contribution in [2.24, 2.45) is 0 Å². The first-order chi connectivity index (χ1) is 8.55. The van der Waals surface area contributed by atoms with E-state index in [1.807, 2.05) is 0 Å². The van der Waals surface area contributed by atoms with Crippen LogP contribution in [0.1, 0.15) is 25.7 Å². The van der Waals surface area contributed by atoms with E-state index in [-0.39, 0.29) is 12.5 Å². The summed E-state index contributed by atoms with van der Waals surface area (Å²) in [5.41, 5.74) is 0. The van der Waals surface area contributed by atoms with E-state index in [2.05, 4.69) is 0 Å². The molecule has 0 bridgehead atoms. The Balaban J connectivity index is 4.08. The first-order valence-corrected chi connectivity index (χ1v) is 7.98. The van der Waals surface area contributed by atoms with Crippen LogP contribution in [0.4, 0.5) is 13.2 Å². The Morgan fingerprint density at radius 2 is 1.44 bits per heavy atom. The summed E-state index contributed by atoms with van der Waals surface area (Å²) >= 11 is 0. The molecule has 0 aliphatic carbocycles. The number of hydrogen-bond acceptors (Lipinski definition) is 3. The zero-order chi connectivity index (χ0) is 14.0. The van der Waals surface area contributed by atoms with Gasteiger partial charge in [0.05, 0.1) is 12.7 Å². The summed E-state index contributed by atoms with van der Waals surface area (Å²) < 4.78 is 54.2. The standard InChI is InChI=1S/C11H23F3O3Si/c1-15-18(16-2,17-3)9-11(14)10(13)7-5-4-6-8-12/h10-11H,4-9H2,1-3H3. The lowest BCUT2D eigenvalue weighted by Crippen LogP contribution is -2.46. The van der Waals surface area contributed by atoms with Crippen LogP contribution in [-0.4, -0.2) is 49.2 Å². The van der Waals surface area contributed by atoms with Gasteiger partial charge < -0.3 is 13.3 Å². The lowest BCUT2D eigenvalue weighted by molar-refractivity contribution is 0.0950. The molecule has 110 valence electrons. The smallest absolute Gasteiger partial charge is 0.377 e. The highest BCUT2D eigenvalue weighted by molar-refractivity contribution is 6.60. The molecular weight excluding hydrogens is 265 g/mol. The Kier molecular flexibility index (Phi) is 9.71. The van der Waals surface area contributed by atoms with Crippen molar-refractivity contribution in [3.05, 3.63) is 0 Å². The summed E-state index contributed by atoms with van der Waals surface area (Å²) in [4.78, 5) is 0. The molecule has 7 heteroatoms. The van der Waals surface area contributed by atoms with Gasteiger partial charge in [0.2, 0.25) is 0 Å². The molecule has 0 spiro atoms. The number of hydrogen-bond donors (Lipinski definition) is 0. The van der Waals surface area contributed by atoms with Crippen molar-refractivity contribution in [1.29, 1.82) is 0 Å². The normalized spacial score (nSPS) is 15.7. The third-order valence-corrected chi connectivity index (χ3v) is 5.64. The van der Waals surface area contributed by atoms with E-state index in [0.717, 1.165) is 0 Å². The fourth-order valence-electron chi connectivity index (χ4n) is 1.66. The van der Waals surface area contributed by atoms with Crippen LogP contribution in [0.2, 0.25) is 6.04 Å². The summed E-state index contributed by atoms with van der Waals surface area (Å²) in [6.45, 7) is -0.414. The van der Waals surface area contributed by atoms with Crippen molar-refractivity contribution in [3.8, 4) is 0 Å². The van der Waals surface area contributed by atoms with Gasteiger partial charge in [-0.25, -0.2) is 8.78 Å². The Bertz CT molecular complexity index is 198. The molecule has 0 fully saturated rings. The molecule has 3 nitrogen and oxygen atoms in total. The van der Waals surface area contributed by atoms with Crippen molar-refractivity contribution in [3.63, 3.8) is 0 Å². The minimum atomic E-state index is -3.07. The van der Waals surface area contributed by atoms with Gasteiger partial charge in [-0.15, -0.1) is 0 Å². The Labute approximate surface area is 108 Å². The van der Waals surface area contributed by atoms with Crippen LogP contribution in [0, 0.1) is 0 Å². The molecule has 0 heterocycles. The average Bonchev–Trinajstić information content (AvgIpc) is 2.40. The number of alkyl halides is 3. The van der Waals surface area contributed by atoms with Crippen molar-refractivity contribution in [2.45, 2.75) is 44.1 Å². The highest BCUT2D eigenvalue weighted by Crippen LogP contribution is 2.23. The average molecular weight is 288 g/mol. The molecule has 0 aliphatic rings. The highest BCUT2D eigenvalue weighted by atomic mass is 28.4. The summed E-state index contributed by atoms with van der Waals surface area (Å²) in [6, 6.07) is -0.208. The van der Waals surface area contributed by atoms with E-state index < -0.39 is 27.8 Å². The molecule has 18 heavy (non-hydrogen) atoms. The number of unbranched alkanes of at least 4 members (excludes halogenated alkanes) is 2. The summed E-state index contributed by atoms with van der Waals surface area (Å²) in [7, 11) is 1.01. The lowest BCUT2D eigenvalue weighted by atomic mass is 10.1. The second-order valence-corrected chi connectivity index (χ2v) is 7.07. The van der Waals surface area contributed by atoms with Crippen molar-refractivity contribution in [1.82, 2.24) is 0 Å². The first-order valence-electron chi connectivity index (χ1n) is 6.04. The van der Waals surface area contributed by atoms with Crippen LogP contribution in [0.3, 0.4) is 0 Å². The SMILES string of the molecule is CO[Si](CC(F)C(F)CCCCCF)(OC)OC. The fraction of sp³-hybridized carbons (Fsp3) is 1.00. The van der Waals surface area contributed by atoms with Gasteiger partial charge in [0, 0.05) is 21.3 Å². The first kappa shape index (κ1) is 17.9. The molecule has 0 aromatic carbocycles. The minimum absolute atomic E-state index is 0.0861. The second-order valence-electron chi connectivity index (χ2n) is 4.07. The monoisotopic (exact) mass is 288 g/mol. The number of halogens is 3. The molecule has 0 saturated heterocycles. The minimum Gasteiger partial charge on any atom is -0.377 e. The molecule has 0 N–H and O–H groups in total. The lowest BCUT2D eigenvalue weighted by Gasteiger charge is -2.26. The van der Waals surface area contributed by atoms with Crippen molar-refractivity contribution >= 4 is 8.80 Å². The maximum absolute atomic E-state index is 13.7. The summed E-state index contributed by atoms with van der Waals surface area (Å²) in [5.74, 6) is 0. The van der Waals surface area contributed by atoms with Gasteiger partial charge in [0.15, 0.2) is 0 Å². The van der Waals surface area contributed by atoms with Crippen LogP contribution >= 0.6 is 0 Å². The molecular formula is C11H23F3O3Si. The van der Waals surface area contributed by atoms with Crippen molar-refractivity contribution < 1.29 is 26.4 Å². The number of rotatable bonds is 11. The molecule has 0 aromatic rings. The second kappa shape index (κ2) is 9.77. The molecule has 0 radical (unpaired) electrons. The molecule has 0 aliphatic heterocycles. The van der Waals surface area contributed by atoms with E-state index in [1.54, 1.807) is 0 Å². The highest BCUT2D eigenvalue weighted by Gasteiger charge is 2.43. The van der Waals surface area contributed by atoms with Gasteiger partial charge in [-0.2, -0.15) is 0 Å². The van der Waals surface area contributed by atoms with Crippen LogP contribution < -0.4 is 0 Å². The molecule has 2 atom stereocenters. The van der Waals surface area contributed by atoms with E-state index in [1.165, 1.54) is 21.3 Å². The van der Waals surface area contributed by atoms with E-state index >= 15 is 0 Å². The van der Waals surface area contributed by atoms with Crippen LogP contribution in [0.15, 0.2) is 0 Å². The van der Waals surface area contributed by atoms with Crippen LogP contribution in [0.25, 0.3) is 0 Å². The largest absolute Gasteiger partial charge is 0.503 e. The topological polar surface area (TPSA) is 27.7 Å². The maximum Gasteiger partial charge on any atom is 0.503 e. The van der Waals surface area contributed by atoms with Gasteiger partial charge in [-0.3, -0.25) is 4.39 Å². The van der Waals surface area contributed by atoms with Gasteiger partial charge in [0.25, 0.3) is 0 Å². The Hall–Kier alpha value is -0.113. The predicted octanol–water partition coefficient (Wildman–Crippen LogP) is 3.07. The molecule has 0 amide bonds. The maximum atomic E-state index is 13.7. The van der Waals surface area contributed by atoms with Crippen LogP contribution in [-0.2, 0) is 13.3 Å². The van der Waals surface area contributed by atoms with Gasteiger partial charge >= 0.3 is 8.80 Å².